The lowest BCUT2D eigenvalue weighted by Crippen LogP contribution is -2.36. The molecule has 7 heteroatoms. The molecule has 0 atom stereocenters. The summed E-state index contributed by atoms with van der Waals surface area (Å²) in [5.41, 5.74) is 0. The van der Waals surface area contributed by atoms with Gasteiger partial charge in [-0.05, 0) is 12.1 Å². The van der Waals surface area contributed by atoms with Gasteiger partial charge in [-0.15, -0.1) is 11.3 Å². The molecule has 0 aliphatic heterocycles. The number of halogens is 4. The van der Waals surface area contributed by atoms with Crippen molar-refractivity contribution in [1.29, 1.82) is 0 Å². The van der Waals surface area contributed by atoms with Gasteiger partial charge in [-0.2, -0.15) is 0 Å². The number of carbonyl (C=O) groups is 1. The lowest BCUT2D eigenvalue weighted by Gasteiger charge is -2.20. The van der Waals surface area contributed by atoms with Crippen molar-refractivity contribution < 1.29 is 13.6 Å². The highest BCUT2D eigenvalue weighted by molar-refractivity contribution is 9.09. The topological polar surface area (TPSA) is 20.3 Å². The first kappa shape index (κ1) is 13.9. The Morgan fingerprint density at radius 2 is 2.25 bits per heavy atom. The Morgan fingerprint density at radius 1 is 1.56 bits per heavy atom. The van der Waals surface area contributed by atoms with E-state index in [4.69, 9.17) is 11.6 Å². The van der Waals surface area contributed by atoms with Crippen LogP contribution in [0, 0.1) is 0 Å². The number of alkyl halides is 3. The van der Waals surface area contributed by atoms with Crippen molar-refractivity contribution in [3.8, 4) is 0 Å². The molecule has 1 amide bonds. The van der Waals surface area contributed by atoms with Crippen LogP contribution in [0.4, 0.5) is 8.78 Å². The summed E-state index contributed by atoms with van der Waals surface area (Å²) in [5, 5.41) is 0.463. The second kappa shape index (κ2) is 6.51. The Balaban J connectivity index is 2.74. The monoisotopic (exact) mass is 331 g/mol. The number of thiophene rings is 1. The van der Waals surface area contributed by atoms with Gasteiger partial charge in [-0.3, -0.25) is 4.79 Å². The number of hydrogen-bond donors (Lipinski definition) is 0. The lowest BCUT2D eigenvalue weighted by molar-refractivity contribution is 0.0576. The summed E-state index contributed by atoms with van der Waals surface area (Å²) >= 11 is 9.90. The minimum Gasteiger partial charge on any atom is -0.331 e. The minimum atomic E-state index is -2.53. The van der Waals surface area contributed by atoms with Gasteiger partial charge in [-0.1, -0.05) is 27.5 Å². The van der Waals surface area contributed by atoms with Crippen molar-refractivity contribution in [2.45, 2.75) is 6.43 Å². The molecule has 0 bridgehead atoms. The van der Waals surface area contributed by atoms with Gasteiger partial charge >= 0.3 is 0 Å². The van der Waals surface area contributed by atoms with Crippen LogP contribution in [0.15, 0.2) is 12.1 Å². The molecule has 0 saturated heterocycles. The Morgan fingerprint density at radius 3 is 2.69 bits per heavy atom. The summed E-state index contributed by atoms with van der Waals surface area (Å²) in [7, 11) is 0. The summed E-state index contributed by atoms with van der Waals surface area (Å²) < 4.78 is 25.0. The number of carbonyl (C=O) groups excluding carboxylic acids is 1. The first-order chi connectivity index (χ1) is 7.54. The van der Waals surface area contributed by atoms with E-state index in [0.29, 0.717) is 14.5 Å². The highest BCUT2D eigenvalue weighted by Crippen LogP contribution is 2.23. The Hall–Kier alpha value is -0.200. The molecule has 16 heavy (non-hydrogen) atoms. The largest absolute Gasteiger partial charge is 0.331 e. The predicted molar refractivity (Wildman–Crippen MR) is 65.0 cm³/mol. The van der Waals surface area contributed by atoms with E-state index in [1.807, 2.05) is 0 Å². The molecule has 90 valence electrons. The van der Waals surface area contributed by atoms with E-state index in [9.17, 15) is 13.6 Å². The van der Waals surface area contributed by atoms with E-state index in [-0.39, 0.29) is 6.54 Å². The van der Waals surface area contributed by atoms with E-state index in [2.05, 4.69) is 15.9 Å². The summed E-state index contributed by atoms with van der Waals surface area (Å²) in [5.74, 6) is -0.406. The second-order valence-corrected chi connectivity index (χ2v) is 5.44. The maximum atomic E-state index is 12.3. The van der Waals surface area contributed by atoms with Crippen molar-refractivity contribution >= 4 is 44.8 Å². The van der Waals surface area contributed by atoms with E-state index >= 15 is 0 Å². The summed E-state index contributed by atoms with van der Waals surface area (Å²) in [4.78, 5) is 13.3. The summed E-state index contributed by atoms with van der Waals surface area (Å²) in [6, 6.07) is 3.12. The van der Waals surface area contributed by atoms with Crippen LogP contribution in [0.3, 0.4) is 0 Å². The van der Waals surface area contributed by atoms with Crippen molar-refractivity contribution in [1.82, 2.24) is 4.90 Å². The fourth-order valence-corrected chi connectivity index (χ4v) is 2.57. The van der Waals surface area contributed by atoms with Crippen LogP contribution in [-0.4, -0.2) is 35.7 Å². The molecule has 0 unspecified atom stereocenters. The van der Waals surface area contributed by atoms with E-state index in [0.717, 1.165) is 16.2 Å². The molecule has 0 aliphatic rings. The number of hydrogen-bond acceptors (Lipinski definition) is 2. The predicted octanol–water partition coefficient (Wildman–Crippen LogP) is 3.50. The van der Waals surface area contributed by atoms with E-state index < -0.39 is 18.9 Å². The third-order valence-corrected chi connectivity index (χ3v) is 3.36. The second-order valence-electron chi connectivity index (χ2n) is 2.93. The van der Waals surface area contributed by atoms with E-state index in [1.54, 1.807) is 12.1 Å². The Kier molecular flexibility index (Phi) is 5.64. The fraction of sp³-hybridized carbons (Fsp3) is 0.444. The van der Waals surface area contributed by atoms with Gasteiger partial charge in [0.2, 0.25) is 0 Å². The third kappa shape index (κ3) is 3.99. The van der Waals surface area contributed by atoms with Crippen LogP contribution in [0.2, 0.25) is 4.34 Å². The molecule has 1 aromatic heterocycles. The minimum absolute atomic E-state index is 0.249. The van der Waals surface area contributed by atoms with Crippen molar-refractivity contribution in [2.24, 2.45) is 0 Å². The van der Waals surface area contributed by atoms with Crippen molar-refractivity contribution in [3.63, 3.8) is 0 Å². The van der Waals surface area contributed by atoms with Gasteiger partial charge in [0.05, 0.1) is 15.8 Å². The maximum absolute atomic E-state index is 12.3. The first-order valence-electron chi connectivity index (χ1n) is 4.43. The highest BCUT2D eigenvalue weighted by Gasteiger charge is 2.20. The van der Waals surface area contributed by atoms with Crippen LogP contribution >= 0.6 is 38.9 Å². The molecule has 0 spiro atoms. The number of rotatable bonds is 5. The number of amides is 1. The molecular weight excluding hydrogens is 324 g/mol. The SMILES string of the molecule is O=C(c1ccc(Cl)s1)N(CCBr)CC(F)F. The normalized spacial score (nSPS) is 10.8. The average molecular weight is 333 g/mol. The van der Waals surface area contributed by atoms with Gasteiger partial charge in [0.15, 0.2) is 0 Å². The molecule has 0 radical (unpaired) electrons. The lowest BCUT2D eigenvalue weighted by atomic mass is 10.4. The number of nitrogens with zero attached hydrogens (tertiary/aromatic N) is 1. The Labute approximate surface area is 109 Å². The van der Waals surface area contributed by atoms with Gasteiger partial charge in [0, 0.05) is 11.9 Å². The third-order valence-electron chi connectivity index (χ3n) is 1.78. The van der Waals surface area contributed by atoms with Crippen LogP contribution in [0.5, 0.6) is 0 Å². The molecule has 1 heterocycles. The van der Waals surface area contributed by atoms with Crippen LogP contribution in [-0.2, 0) is 0 Å². The first-order valence-corrected chi connectivity index (χ1v) is 6.75. The molecule has 0 fully saturated rings. The zero-order chi connectivity index (χ0) is 12.1. The zero-order valence-electron chi connectivity index (χ0n) is 8.13. The van der Waals surface area contributed by atoms with Gasteiger partial charge < -0.3 is 4.90 Å². The quantitative estimate of drug-likeness (QED) is 0.756. The van der Waals surface area contributed by atoms with Crippen molar-refractivity contribution in [3.05, 3.63) is 21.3 Å². The van der Waals surface area contributed by atoms with Gasteiger partial charge in [0.25, 0.3) is 12.3 Å². The Bertz CT molecular complexity index is 361. The molecule has 1 aromatic rings. The smallest absolute Gasteiger partial charge is 0.264 e. The van der Waals surface area contributed by atoms with Gasteiger partial charge in [0.1, 0.15) is 0 Å². The molecule has 0 aliphatic carbocycles. The zero-order valence-corrected chi connectivity index (χ0v) is 11.3. The standard InChI is InChI=1S/C9H9BrClF2NOS/c10-3-4-14(5-8(12)13)9(15)6-1-2-7(11)16-6/h1-2,8H,3-5H2. The van der Waals surface area contributed by atoms with Gasteiger partial charge in [-0.25, -0.2) is 8.78 Å². The molecule has 0 N–H and O–H groups in total. The molecule has 2 nitrogen and oxygen atoms in total. The molecule has 1 rings (SSSR count). The van der Waals surface area contributed by atoms with Crippen LogP contribution in [0.25, 0.3) is 0 Å². The molecular formula is C9H9BrClF2NOS. The van der Waals surface area contributed by atoms with E-state index in [1.165, 1.54) is 0 Å². The summed E-state index contributed by atoms with van der Waals surface area (Å²) in [6.07, 6.45) is -2.53. The molecule has 0 saturated carbocycles. The fourth-order valence-electron chi connectivity index (χ4n) is 1.13. The van der Waals surface area contributed by atoms with Crippen molar-refractivity contribution in [2.75, 3.05) is 18.4 Å². The summed E-state index contributed by atoms with van der Waals surface area (Å²) in [6.45, 7) is -0.307. The van der Waals surface area contributed by atoms with Crippen LogP contribution in [0.1, 0.15) is 9.67 Å². The van der Waals surface area contributed by atoms with Crippen LogP contribution < -0.4 is 0 Å². The average Bonchev–Trinajstić information content (AvgIpc) is 2.62. The molecule has 0 aromatic carbocycles. The maximum Gasteiger partial charge on any atom is 0.264 e. The highest BCUT2D eigenvalue weighted by atomic mass is 79.9.